The van der Waals surface area contributed by atoms with Crippen molar-refractivity contribution < 1.29 is 19.1 Å². The lowest BCUT2D eigenvalue weighted by atomic mass is 9.85. The largest absolute Gasteiger partial charge is 0.490 e. The van der Waals surface area contributed by atoms with Gasteiger partial charge < -0.3 is 20.5 Å². The third-order valence-corrected chi connectivity index (χ3v) is 4.74. The number of amides is 2. The Morgan fingerprint density at radius 2 is 2.15 bits per heavy atom. The van der Waals surface area contributed by atoms with E-state index in [1.165, 1.54) is 0 Å². The molecular formula is C20H25N3O4. The number of hydrogen-bond acceptors (Lipinski definition) is 5. The lowest BCUT2D eigenvalue weighted by Gasteiger charge is -2.25. The van der Waals surface area contributed by atoms with Crippen LogP contribution in [0, 0.1) is 5.41 Å². The van der Waals surface area contributed by atoms with E-state index in [1.54, 1.807) is 24.4 Å². The quantitative estimate of drug-likeness (QED) is 0.812. The van der Waals surface area contributed by atoms with Gasteiger partial charge in [-0.25, -0.2) is 4.98 Å². The molecule has 1 aromatic carbocycles. The molecule has 1 atom stereocenters. The summed E-state index contributed by atoms with van der Waals surface area (Å²) in [5.41, 5.74) is 5.63. The van der Waals surface area contributed by atoms with E-state index in [0.29, 0.717) is 30.2 Å². The van der Waals surface area contributed by atoms with Crippen LogP contribution in [0.15, 0.2) is 24.4 Å². The maximum Gasteiger partial charge on any atom is 0.252 e. The van der Waals surface area contributed by atoms with Crippen molar-refractivity contribution in [1.29, 1.82) is 0 Å². The third kappa shape index (κ3) is 3.97. The monoisotopic (exact) mass is 371 g/mol. The predicted molar refractivity (Wildman–Crippen MR) is 102 cm³/mol. The number of carbonyl (C=O) groups excluding carboxylic acids is 2. The summed E-state index contributed by atoms with van der Waals surface area (Å²) in [6.45, 7) is 8.12. The summed E-state index contributed by atoms with van der Waals surface area (Å²) in [4.78, 5) is 27.8. The molecule has 7 heteroatoms. The van der Waals surface area contributed by atoms with Crippen LogP contribution in [0.3, 0.4) is 0 Å². The van der Waals surface area contributed by atoms with Crippen molar-refractivity contribution in [2.24, 2.45) is 11.1 Å². The number of benzene rings is 1. The van der Waals surface area contributed by atoms with Crippen LogP contribution in [0.1, 0.15) is 44.5 Å². The van der Waals surface area contributed by atoms with Crippen LogP contribution < -0.4 is 20.5 Å². The van der Waals surface area contributed by atoms with Crippen molar-refractivity contribution in [3.05, 3.63) is 30.0 Å². The molecule has 2 amide bonds. The van der Waals surface area contributed by atoms with E-state index in [-0.39, 0.29) is 23.5 Å². The number of hydrogen-bond donors (Lipinski definition) is 2. The van der Waals surface area contributed by atoms with Crippen molar-refractivity contribution in [2.75, 3.05) is 6.61 Å². The highest BCUT2D eigenvalue weighted by atomic mass is 16.5. The highest BCUT2D eigenvalue weighted by molar-refractivity contribution is 6.01. The van der Waals surface area contributed by atoms with Crippen LogP contribution in [0.2, 0.25) is 0 Å². The molecule has 0 saturated carbocycles. The topological polar surface area (TPSA) is 104 Å². The number of fused-ring (bicyclic) bond motifs is 1. The first-order valence-electron chi connectivity index (χ1n) is 8.99. The lowest BCUT2D eigenvalue weighted by Crippen LogP contribution is -2.38. The minimum absolute atomic E-state index is 0.0261. The van der Waals surface area contributed by atoms with E-state index in [1.807, 2.05) is 27.7 Å². The van der Waals surface area contributed by atoms with Crippen LogP contribution in [-0.2, 0) is 4.79 Å². The van der Waals surface area contributed by atoms with Gasteiger partial charge in [0.2, 0.25) is 11.8 Å². The molecule has 0 radical (unpaired) electrons. The van der Waals surface area contributed by atoms with Crippen LogP contribution in [0.25, 0.3) is 10.8 Å². The fraction of sp³-hybridized carbons (Fsp3) is 0.450. The van der Waals surface area contributed by atoms with Gasteiger partial charge in [0.1, 0.15) is 12.4 Å². The van der Waals surface area contributed by atoms with Gasteiger partial charge in [0.05, 0.1) is 17.7 Å². The Kier molecular flexibility index (Phi) is 4.95. The molecule has 3 N–H and O–H groups in total. The number of primary amides is 1. The Balaban J connectivity index is 1.94. The number of nitrogens with zero attached hydrogens (tertiary/aromatic N) is 1. The average molecular weight is 371 g/mol. The summed E-state index contributed by atoms with van der Waals surface area (Å²) < 4.78 is 11.7. The zero-order valence-electron chi connectivity index (χ0n) is 16.0. The van der Waals surface area contributed by atoms with Crippen molar-refractivity contribution in [2.45, 2.75) is 46.3 Å². The van der Waals surface area contributed by atoms with Gasteiger partial charge in [-0.3, -0.25) is 9.59 Å². The number of ether oxygens (including phenoxy) is 2. The van der Waals surface area contributed by atoms with E-state index in [9.17, 15) is 9.59 Å². The van der Waals surface area contributed by atoms with Gasteiger partial charge in [-0.15, -0.1) is 0 Å². The van der Waals surface area contributed by atoms with Gasteiger partial charge in [0.15, 0.2) is 0 Å². The smallest absolute Gasteiger partial charge is 0.252 e. The van der Waals surface area contributed by atoms with Gasteiger partial charge in [-0.2, -0.15) is 0 Å². The molecule has 0 bridgehead atoms. The Bertz CT molecular complexity index is 892. The molecular weight excluding hydrogens is 346 g/mol. The van der Waals surface area contributed by atoms with E-state index in [4.69, 9.17) is 15.2 Å². The molecule has 27 heavy (non-hydrogen) atoms. The first kappa shape index (κ1) is 18.9. The summed E-state index contributed by atoms with van der Waals surface area (Å²) in [5, 5.41) is 4.45. The van der Waals surface area contributed by atoms with Crippen molar-refractivity contribution in [3.8, 4) is 11.6 Å². The summed E-state index contributed by atoms with van der Waals surface area (Å²) in [6, 6.07) is 5.11. The van der Waals surface area contributed by atoms with Crippen LogP contribution >= 0.6 is 0 Å². The average Bonchev–Trinajstić information content (AvgIpc) is 2.83. The third-order valence-electron chi connectivity index (χ3n) is 4.74. The molecule has 2 heterocycles. The molecule has 3 rings (SSSR count). The minimum Gasteiger partial charge on any atom is -0.490 e. The highest BCUT2D eigenvalue weighted by Gasteiger charge is 2.39. The molecule has 1 aliphatic heterocycles. The second-order valence-electron chi connectivity index (χ2n) is 7.81. The molecule has 1 unspecified atom stereocenters. The standard InChI is InChI=1S/C20H25N3O4/c1-11(2)27-15-8-13-12(7-14(15)18(21)25)5-6-22-19(13)26-10-16-20(3,4)9-17(24)23-16/h5-8,11,16H,9-10H2,1-4H3,(H2,21,25)(H,23,24). The van der Waals surface area contributed by atoms with Crippen molar-refractivity contribution in [1.82, 2.24) is 10.3 Å². The molecule has 1 saturated heterocycles. The number of aromatic nitrogens is 1. The molecule has 1 aromatic heterocycles. The molecule has 2 aromatic rings. The van der Waals surface area contributed by atoms with Crippen molar-refractivity contribution >= 4 is 22.6 Å². The fourth-order valence-electron chi connectivity index (χ4n) is 3.24. The van der Waals surface area contributed by atoms with Gasteiger partial charge in [-0.1, -0.05) is 13.8 Å². The minimum atomic E-state index is -0.553. The molecule has 1 aliphatic rings. The first-order chi connectivity index (χ1) is 12.7. The Morgan fingerprint density at radius 3 is 2.74 bits per heavy atom. The Hall–Kier alpha value is -2.83. The number of pyridine rings is 1. The van der Waals surface area contributed by atoms with Crippen LogP contribution in [0.4, 0.5) is 0 Å². The van der Waals surface area contributed by atoms with E-state index >= 15 is 0 Å². The number of carbonyl (C=O) groups is 2. The molecule has 7 nitrogen and oxygen atoms in total. The van der Waals surface area contributed by atoms with E-state index in [0.717, 1.165) is 10.8 Å². The molecule has 144 valence electrons. The number of nitrogens with two attached hydrogens (primary N) is 1. The first-order valence-corrected chi connectivity index (χ1v) is 8.99. The SMILES string of the molecule is CC(C)Oc1cc2c(OCC3NC(=O)CC3(C)C)nccc2cc1C(N)=O. The summed E-state index contributed by atoms with van der Waals surface area (Å²) >= 11 is 0. The highest BCUT2D eigenvalue weighted by Crippen LogP contribution is 2.34. The lowest BCUT2D eigenvalue weighted by molar-refractivity contribution is -0.119. The molecule has 1 fully saturated rings. The molecule has 0 spiro atoms. The second-order valence-corrected chi connectivity index (χ2v) is 7.81. The Labute approximate surface area is 158 Å². The van der Waals surface area contributed by atoms with E-state index in [2.05, 4.69) is 10.3 Å². The second kappa shape index (κ2) is 7.06. The summed E-state index contributed by atoms with van der Waals surface area (Å²) in [5.74, 6) is 0.298. The summed E-state index contributed by atoms with van der Waals surface area (Å²) in [6.07, 6.45) is 1.97. The normalized spacial score (nSPS) is 18.6. The van der Waals surface area contributed by atoms with Gasteiger partial charge >= 0.3 is 0 Å². The van der Waals surface area contributed by atoms with Crippen molar-refractivity contribution in [3.63, 3.8) is 0 Å². The van der Waals surface area contributed by atoms with Gasteiger partial charge in [-0.05, 0) is 42.8 Å². The zero-order chi connectivity index (χ0) is 19.8. The zero-order valence-corrected chi connectivity index (χ0v) is 16.0. The van der Waals surface area contributed by atoms with Crippen LogP contribution in [0.5, 0.6) is 11.6 Å². The number of nitrogens with one attached hydrogen (secondary N) is 1. The summed E-state index contributed by atoms with van der Waals surface area (Å²) in [7, 11) is 0. The van der Waals surface area contributed by atoms with Gasteiger partial charge in [0, 0.05) is 18.0 Å². The van der Waals surface area contributed by atoms with Gasteiger partial charge in [0.25, 0.3) is 5.91 Å². The van der Waals surface area contributed by atoms with Crippen LogP contribution in [-0.4, -0.2) is 35.6 Å². The van der Waals surface area contributed by atoms with E-state index < -0.39 is 5.91 Å². The molecule has 0 aliphatic carbocycles. The fourth-order valence-corrected chi connectivity index (χ4v) is 3.24. The Morgan fingerprint density at radius 1 is 1.41 bits per heavy atom. The number of rotatable bonds is 6. The maximum atomic E-state index is 11.8. The predicted octanol–water partition coefficient (Wildman–Crippen LogP) is 2.41. The maximum absolute atomic E-state index is 11.8.